The zero-order valence-corrected chi connectivity index (χ0v) is 38.5. The molecule has 324 valence electrons. The van der Waals surface area contributed by atoms with Crippen molar-refractivity contribution in [1.82, 2.24) is 15.0 Å². The topological polar surface area (TPSA) is 144 Å². The Bertz CT molecular complexity index is 2040. The molecule has 5 aliphatic rings. The number of carbonyl (C=O) groups is 3. The Morgan fingerprint density at radius 1 is 1.07 bits per heavy atom. The number of unbranched alkanes of at least 4 members (excludes halogenated alkanes) is 1. The van der Waals surface area contributed by atoms with E-state index in [4.69, 9.17) is 23.2 Å². The summed E-state index contributed by atoms with van der Waals surface area (Å²) in [5.74, 6) is -1.61. The van der Waals surface area contributed by atoms with Crippen LogP contribution in [-0.2, 0) is 20.4 Å². The van der Waals surface area contributed by atoms with Crippen molar-refractivity contribution in [2.75, 3.05) is 51.8 Å². The first-order chi connectivity index (χ1) is 27.6. The van der Waals surface area contributed by atoms with Crippen LogP contribution in [0.3, 0.4) is 0 Å². The second-order valence-electron chi connectivity index (χ2n) is 19.9. The molecule has 13 nitrogen and oxygen atoms in total. The maximum absolute atomic E-state index is 16.1. The third-order valence-electron chi connectivity index (χ3n) is 14.0. The highest BCUT2D eigenvalue weighted by molar-refractivity contribution is 6.74. The van der Waals surface area contributed by atoms with Crippen LogP contribution in [0.15, 0.2) is 16.2 Å². The molecule has 59 heavy (non-hydrogen) atoms. The lowest BCUT2D eigenvalue weighted by molar-refractivity contribution is -0.141. The van der Waals surface area contributed by atoms with Gasteiger partial charge in [-0.15, -0.1) is 0 Å². The first-order valence-electron chi connectivity index (χ1n) is 21.7. The summed E-state index contributed by atoms with van der Waals surface area (Å²) < 4.78 is 31.3. The van der Waals surface area contributed by atoms with E-state index >= 15 is 9.59 Å². The van der Waals surface area contributed by atoms with E-state index in [1.807, 2.05) is 19.2 Å². The molecule has 1 N–H and O–H groups in total. The second kappa shape index (κ2) is 15.3. The summed E-state index contributed by atoms with van der Waals surface area (Å²) in [5, 5.41) is 16.8. The molecule has 14 heteroatoms. The minimum Gasteiger partial charge on any atom is -0.507 e. The lowest BCUT2D eigenvalue weighted by atomic mass is 9.56. The van der Waals surface area contributed by atoms with E-state index in [2.05, 4.69) is 75.5 Å². The number of ether oxygens (including phenoxy) is 3. The fraction of sp³-hybridized carbons (Fsp3) is 0.689. The van der Waals surface area contributed by atoms with Crippen molar-refractivity contribution in [1.29, 1.82) is 0 Å². The number of Topliss-reactive ketones (excluding diaryl/α,β-unsaturated/α-hetero) is 2. The number of ketones is 2. The fourth-order valence-electron chi connectivity index (χ4n) is 10.3. The molecule has 2 fully saturated rings. The number of hydrogen-bond acceptors (Lipinski definition) is 13. The van der Waals surface area contributed by atoms with Crippen molar-refractivity contribution in [3.8, 4) is 11.6 Å². The van der Waals surface area contributed by atoms with Gasteiger partial charge < -0.3 is 33.2 Å². The van der Waals surface area contributed by atoms with E-state index in [0.717, 1.165) is 49.2 Å². The molecular formula is C45H66N4O9Si. The highest BCUT2D eigenvalue weighted by Gasteiger charge is 2.69. The van der Waals surface area contributed by atoms with Crippen LogP contribution >= 0.6 is 0 Å². The molecule has 1 aromatic carbocycles. The van der Waals surface area contributed by atoms with Gasteiger partial charge in [-0.25, -0.2) is 4.79 Å². The minimum absolute atomic E-state index is 0.0623. The van der Waals surface area contributed by atoms with Gasteiger partial charge in [0, 0.05) is 36.8 Å². The molecule has 2 aromatic rings. The van der Waals surface area contributed by atoms with Crippen LogP contribution in [0.2, 0.25) is 18.1 Å². The zero-order chi connectivity index (χ0) is 43.1. The Hall–Kier alpha value is -3.72. The number of nitrogens with zero attached hydrogens (tertiary/aromatic N) is 4. The third-order valence-corrected chi connectivity index (χ3v) is 18.5. The van der Waals surface area contributed by atoms with Crippen LogP contribution in [0, 0.1) is 17.8 Å². The van der Waals surface area contributed by atoms with Crippen LogP contribution in [0.4, 0.5) is 10.5 Å². The number of benzene rings is 1. The van der Waals surface area contributed by atoms with Gasteiger partial charge in [0.25, 0.3) is 5.88 Å². The van der Waals surface area contributed by atoms with Gasteiger partial charge in [-0.2, -0.15) is 0 Å². The zero-order valence-electron chi connectivity index (χ0n) is 37.5. The predicted molar refractivity (Wildman–Crippen MR) is 228 cm³/mol. The van der Waals surface area contributed by atoms with Crippen molar-refractivity contribution in [3.63, 3.8) is 0 Å². The van der Waals surface area contributed by atoms with Crippen molar-refractivity contribution in [2.24, 2.45) is 17.8 Å². The van der Waals surface area contributed by atoms with Gasteiger partial charge in [0.05, 0.1) is 18.2 Å². The molecule has 3 heterocycles. The molecule has 3 aliphatic carbocycles. The molecule has 0 amide bonds. The van der Waals surface area contributed by atoms with Gasteiger partial charge in [-0.1, -0.05) is 48.0 Å². The molecule has 1 aromatic heterocycles. The van der Waals surface area contributed by atoms with Crippen molar-refractivity contribution in [3.05, 3.63) is 39.7 Å². The Kier molecular flexibility index (Phi) is 11.3. The number of likely N-dealkylation sites (tertiary alicyclic amines) is 1. The Morgan fingerprint density at radius 3 is 2.39 bits per heavy atom. The van der Waals surface area contributed by atoms with Gasteiger partial charge in [-0.3, -0.25) is 19.4 Å². The first kappa shape index (κ1) is 43.4. The van der Waals surface area contributed by atoms with Crippen LogP contribution in [0.1, 0.15) is 133 Å². The van der Waals surface area contributed by atoms with Gasteiger partial charge >= 0.3 is 6.16 Å². The number of fused-ring (bicyclic) bond motifs is 8. The highest BCUT2D eigenvalue weighted by atomic mass is 28.4. The lowest BCUT2D eigenvalue weighted by Crippen LogP contribution is -2.68. The van der Waals surface area contributed by atoms with Crippen LogP contribution < -0.4 is 14.4 Å². The number of aliphatic hydroxyl groups excluding tert-OH is 1. The van der Waals surface area contributed by atoms with Gasteiger partial charge in [0.2, 0.25) is 11.6 Å². The highest BCUT2D eigenvalue weighted by Crippen LogP contribution is 2.61. The smallest absolute Gasteiger partial charge is 0.507 e. The quantitative estimate of drug-likeness (QED) is 0.0802. The summed E-state index contributed by atoms with van der Waals surface area (Å²) >= 11 is 0. The minimum atomic E-state index is -2.93. The maximum Gasteiger partial charge on any atom is 0.514 e. The number of hydrogen-bond donors (Lipinski definition) is 1. The average Bonchev–Trinajstić information content (AvgIpc) is 3.72. The maximum atomic E-state index is 16.1. The van der Waals surface area contributed by atoms with Crippen molar-refractivity contribution in [2.45, 2.75) is 136 Å². The summed E-state index contributed by atoms with van der Waals surface area (Å²) in [6.07, 6.45) is 2.47. The molecule has 6 atom stereocenters. The summed E-state index contributed by atoms with van der Waals surface area (Å²) in [7, 11) is 1.26. The normalized spacial score (nSPS) is 26.9. The predicted octanol–water partition coefficient (Wildman–Crippen LogP) is 8.68. The standard InChI is InChI=1S/C45H66N4O9Si/c1-14-17-20-54-41-33-38(57-46-41)36(49(15-2)16-3)29-22-26-21-27-32(37(50)31(26)39(51)45(29,40(33)52)58-59(12,13)44(7,8)9)30(55-42(53)56-43(4,5)6)23-28-34-25(18-19-47(34)10)24-48(11)35(27)28/h23,25-26,29,34,36,50H,14-22,24H2,1-13H3/t25?,26-,29-,34?,36-,45-/m0/s1. The summed E-state index contributed by atoms with van der Waals surface area (Å²) in [6, 6.07) is 1.40. The Morgan fingerprint density at radius 2 is 1.76 bits per heavy atom. The van der Waals surface area contributed by atoms with Gasteiger partial charge in [-0.05, 0) is 125 Å². The summed E-state index contributed by atoms with van der Waals surface area (Å²) in [5.41, 5.74) is 0.485. The number of anilines is 1. The van der Waals surface area contributed by atoms with Crippen molar-refractivity contribution < 1.29 is 42.6 Å². The second-order valence-corrected chi connectivity index (χ2v) is 24.7. The average molecular weight is 835 g/mol. The van der Waals surface area contributed by atoms with E-state index in [1.165, 1.54) is 0 Å². The molecule has 7 rings (SSSR count). The molecular weight excluding hydrogens is 769 g/mol. The monoisotopic (exact) mass is 834 g/mol. The number of aromatic nitrogens is 1. The van der Waals surface area contributed by atoms with Gasteiger partial charge in [0.1, 0.15) is 22.7 Å². The van der Waals surface area contributed by atoms with E-state index in [-0.39, 0.29) is 45.2 Å². The SMILES string of the molecule is CCCCOc1noc2c1C(=O)[C@@]1(O[Si](C)(C)C(C)(C)C)C(=O)C3=C(O)c4c(OC(=O)OC(C)(C)C)cc5c(c4C[C@H]3C[C@H]1[C@@H]2N(CC)CC)N(C)CC1CCN(C)C51. The number of carbonyl (C=O) groups excluding carboxylic acids is 3. The third kappa shape index (κ3) is 7.03. The molecule has 0 spiro atoms. The van der Waals surface area contributed by atoms with Crippen LogP contribution in [0.25, 0.3) is 5.76 Å². The van der Waals surface area contributed by atoms with E-state index in [1.54, 1.807) is 20.8 Å². The number of aliphatic hydroxyl groups is 1. The van der Waals surface area contributed by atoms with Crippen LogP contribution in [0.5, 0.6) is 11.6 Å². The fourth-order valence-corrected chi connectivity index (χ4v) is 11.8. The molecule has 1 saturated carbocycles. The van der Waals surface area contributed by atoms with E-state index < -0.39 is 55.1 Å². The molecule has 0 radical (unpaired) electrons. The summed E-state index contributed by atoms with van der Waals surface area (Å²) in [4.78, 5) is 52.0. The molecule has 1 saturated heterocycles. The largest absolute Gasteiger partial charge is 0.514 e. The van der Waals surface area contributed by atoms with E-state index in [0.29, 0.717) is 44.2 Å². The Labute approximate surface area is 350 Å². The van der Waals surface area contributed by atoms with Gasteiger partial charge in [0.15, 0.2) is 19.7 Å². The summed E-state index contributed by atoms with van der Waals surface area (Å²) in [6.45, 7) is 25.1. The molecule has 0 bridgehead atoms. The van der Waals surface area contributed by atoms with Crippen molar-refractivity contribution >= 4 is 37.5 Å². The lowest BCUT2D eigenvalue weighted by Gasteiger charge is -2.55. The van der Waals surface area contributed by atoms with Crippen LogP contribution in [-0.4, -0.2) is 104 Å². The molecule has 2 unspecified atom stereocenters. The van der Waals surface area contributed by atoms with E-state index in [9.17, 15) is 9.90 Å². The first-order valence-corrected chi connectivity index (χ1v) is 24.6. The molecule has 2 aliphatic heterocycles. The Balaban J connectivity index is 1.49. The number of rotatable bonds is 10.